The minimum atomic E-state index is -5.18. The topological polar surface area (TPSA) is 78.5 Å². The van der Waals surface area contributed by atoms with Crippen LogP contribution in [0, 0.1) is 12.8 Å². The van der Waals surface area contributed by atoms with Gasteiger partial charge in [0.1, 0.15) is 0 Å². The number of carbonyl (C=O) groups excluding carboxylic acids is 3. The van der Waals surface area contributed by atoms with Crippen molar-refractivity contribution < 1.29 is 27.6 Å². The van der Waals surface area contributed by atoms with E-state index in [0.717, 1.165) is 5.56 Å². The molecular formula is C15H14F3N3O3. The first-order valence-electron chi connectivity index (χ1n) is 7.28. The lowest BCUT2D eigenvalue weighted by atomic mass is 10.1. The predicted molar refractivity (Wildman–Crippen MR) is 76.8 cm³/mol. The van der Waals surface area contributed by atoms with Crippen LogP contribution >= 0.6 is 0 Å². The van der Waals surface area contributed by atoms with Gasteiger partial charge >= 0.3 is 12.2 Å². The highest BCUT2D eigenvalue weighted by molar-refractivity contribution is 6.24. The maximum atomic E-state index is 13.6. The molecule has 3 rings (SSSR count). The number of nitrogens with zero attached hydrogens (tertiary/aromatic N) is 1. The highest BCUT2D eigenvalue weighted by atomic mass is 19.4. The Morgan fingerprint density at radius 1 is 1.25 bits per heavy atom. The first kappa shape index (κ1) is 16.3. The first-order chi connectivity index (χ1) is 11.2. The van der Waals surface area contributed by atoms with Gasteiger partial charge in [-0.1, -0.05) is 17.7 Å². The highest BCUT2D eigenvalue weighted by Crippen LogP contribution is 2.37. The first-order valence-corrected chi connectivity index (χ1v) is 7.28. The predicted octanol–water partition coefficient (Wildman–Crippen LogP) is 1.84. The van der Waals surface area contributed by atoms with Gasteiger partial charge in [-0.3, -0.25) is 14.9 Å². The molecule has 2 N–H and O–H groups in total. The zero-order valence-corrected chi connectivity index (χ0v) is 12.6. The molecule has 1 heterocycles. The van der Waals surface area contributed by atoms with Gasteiger partial charge in [-0.15, -0.1) is 0 Å². The molecule has 6 nitrogen and oxygen atoms in total. The summed E-state index contributed by atoms with van der Waals surface area (Å²) < 4.78 is 40.7. The number of anilines is 1. The molecule has 4 amide bonds. The van der Waals surface area contributed by atoms with E-state index in [4.69, 9.17) is 0 Å². The van der Waals surface area contributed by atoms with Gasteiger partial charge in [0.25, 0.3) is 11.6 Å². The normalized spacial score (nSPS) is 24.1. The van der Waals surface area contributed by atoms with Crippen LogP contribution in [0.25, 0.3) is 0 Å². The zero-order chi connectivity index (χ0) is 17.7. The van der Waals surface area contributed by atoms with Gasteiger partial charge in [0.2, 0.25) is 5.91 Å². The lowest BCUT2D eigenvalue weighted by Gasteiger charge is -2.29. The second kappa shape index (κ2) is 5.22. The fourth-order valence-electron chi connectivity index (χ4n) is 2.44. The molecule has 2 aliphatic rings. The summed E-state index contributed by atoms with van der Waals surface area (Å²) >= 11 is 0. The van der Waals surface area contributed by atoms with Crippen molar-refractivity contribution in [3.05, 3.63) is 29.8 Å². The number of imide groups is 1. The van der Waals surface area contributed by atoms with Crippen LogP contribution in [-0.2, 0) is 9.59 Å². The number of nitrogens with one attached hydrogen (secondary N) is 2. The number of halogens is 3. The standard InChI is InChI=1S/C15H14F3N3O3/c1-8-2-6-10(7-3-8)21-12(23)14(15(16,17)18,20-13(21)24)19-11(22)9-4-5-9/h2-3,6-7,9H,4-5H2,1H3,(H,19,22)(H,20,24)/t14-/m0/s1. The van der Waals surface area contributed by atoms with E-state index < -0.39 is 35.6 Å². The van der Waals surface area contributed by atoms with E-state index in [1.807, 2.05) is 0 Å². The van der Waals surface area contributed by atoms with E-state index in [1.165, 1.54) is 12.1 Å². The van der Waals surface area contributed by atoms with Crippen LogP contribution in [0.15, 0.2) is 24.3 Å². The summed E-state index contributed by atoms with van der Waals surface area (Å²) in [6.07, 6.45) is -4.25. The lowest BCUT2D eigenvalue weighted by molar-refractivity contribution is -0.201. The molecule has 1 saturated heterocycles. The molecule has 1 atom stereocenters. The molecule has 0 aromatic heterocycles. The van der Waals surface area contributed by atoms with Crippen LogP contribution in [0.2, 0.25) is 0 Å². The maximum absolute atomic E-state index is 13.6. The van der Waals surface area contributed by atoms with Crippen molar-refractivity contribution in [2.45, 2.75) is 31.6 Å². The quantitative estimate of drug-likeness (QED) is 0.824. The average molecular weight is 341 g/mol. The van der Waals surface area contributed by atoms with Crippen molar-refractivity contribution in [3.63, 3.8) is 0 Å². The SMILES string of the molecule is Cc1ccc(N2C(=O)N[C@](NC(=O)C3CC3)(C(F)(F)F)C2=O)cc1. The van der Waals surface area contributed by atoms with Gasteiger partial charge in [-0.05, 0) is 31.9 Å². The Bertz CT molecular complexity index is 713. The second-order valence-corrected chi connectivity index (χ2v) is 5.92. The summed E-state index contributed by atoms with van der Waals surface area (Å²) in [5.41, 5.74) is -2.63. The molecule has 0 spiro atoms. The fourth-order valence-corrected chi connectivity index (χ4v) is 2.44. The lowest BCUT2D eigenvalue weighted by Crippen LogP contribution is -2.69. The van der Waals surface area contributed by atoms with Crippen molar-refractivity contribution in [1.82, 2.24) is 10.6 Å². The molecule has 1 saturated carbocycles. The number of alkyl halides is 3. The molecule has 1 aromatic carbocycles. The Morgan fingerprint density at radius 2 is 1.83 bits per heavy atom. The van der Waals surface area contributed by atoms with Gasteiger partial charge in [0.15, 0.2) is 0 Å². The van der Waals surface area contributed by atoms with Crippen molar-refractivity contribution in [1.29, 1.82) is 0 Å². The van der Waals surface area contributed by atoms with Crippen LogP contribution < -0.4 is 15.5 Å². The monoisotopic (exact) mass is 341 g/mol. The summed E-state index contributed by atoms with van der Waals surface area (Å²) in [7, 11) is 0. The van der Waals surface area contributed by atoms with E-state index in [-0.39, 0.29) is 5.69 Å². The Kier molecular flexibility index (Phi) is 3.54. The molecule has 1 aromatic rings. The van der Waals surface area contributed by atoms with Crippen molar-refractivity contribution in [2.24, 2.45) is 5.92 Å². The zero-order valence-electron chi connectivity index (χ0n) is 12.6. The number of hydrogen-bond acceptors (Lipinski definition) is 3. The summed E-state index contributed by atoms with van der Waals surface area (Å²) in [6.45, 7) is 1.76. The van der Waals surface area contributed by atoms with Gasteiger partial charge in [-0.2, -0.15) is 13.2 Å². The van der Waals surface area contributed by atoms with Crippen LogP contribution in [0.3, 0.4) is 0 Å². The van der Waals surface area contributed by atoms with Gasteiger partial charge in [0.05, 0.1) is 5.69 Å². The van der Waals surface area contributed by atoms with Gasteiger partial charge < -0.3 is 5.32 Å². The van der Waals surface area contributed by atoms with E-state index >= 15 is 0 Å². The third-order valence-electron chi connectivity index (χ3n) is 4.00. The molecule has 1 aliphatic carbocycles. The number of amides is 4. The summed E-state index contributed by atoms with van der Waals surface area (Å²) in [5, 5.41) is 3.31. The Morgan fingerprint density at radius 3 is 2.33 bits per heavy atom. The fraction of sp³-hybridized carbons (Fsp3) is 0.400. The Labute approximate surface area is 135 Å². The van der Waals surface area contributed by atoms with E-state index in [1.54, 1.807) is 29.7 Å². The minimum absolute atomic E-state index is 0.00473. The van der Waals surface area contributed by atoms with Gasteiger partial charge in [0, 0.05) is 5.92 Å². The Hall–Kier alpha value is -2.58. The maximum Gasteiger partial charge on any atom is 0.440 e. The number of carbonyl (C=O) groups is 3. The molecule has 1 aliphatic heterocycles. The summed E-state index contributed by atoms with van der Waals surface area (Å²) in [6, 6.07) is 4.61. The minimum Gasteiger partial charge on any atom is -0.318 e. The van der Waals surface area contributed by atoms with Crippen molar-refractivity contribution >= 4 is 23.5 Å². The number of benzene rings is 1. The highest BCUT2D eigenvalue weighted by Gasteiger charge is 2.69. The molecule has 0 radical (unpaired) electrons. The van der Waals surface area contributed by atoms with Crippen LogP contribution in [0.5, 0.6) is 0 Å². The molecule has 24 heavy (non-hydrogen) atoms. The number of rotatable bonds is 3. The van der Waals surface area contributed by atoms with Crippen molar-refractivity contribution in [3.8, 4) is 0 Å². The van der Waals surface area contributed by atoms with Crippen LogP contribution in [0.1, 0.15) is 18.4 Å². The van der Waals surface area contributed by atoms with Crippen LogP contribution in [0.4, 0.5) is 23.7 Å². The second-order valence-electron chi connectivity index (χ2n) is 5.92. The summed E-state index contributed by atoms with van der Waals surface area (Å²) in [5.74, 6) is -3.02. The third kappa shape index (κ3) is 2.49. The summed E-state index contributed by atoms with van der Waals surface area (Å²) in [4.78, 5) is 36.7. The largest absolute Gasteiger partial charge is 0.440 e. The molecule has 128 valence electrons. The molecule has 0 unspecified atom stereocenters. The molecule has 2 fully saturated rings. The molecule has 0 bridgehead atoms. The number of urea groups is 1. The molecular weight excluding hydrogens is 327 g/mol. The van der Waals surface area contributed by atoms with Crippen molar-refractivity contribution in [2.75, 3.05) is 4.90 Å². The van der Waals surface area contributed by atoms with Crippen LogP contribution in [-0.4, -0.2) is 29.7 Å². The van der Waals surface area contributed by atoms with E-state index in [2.05, 4.69) is 0 Å². The Balaban J connectivity index is 1.98. The third-order valence-corrected chi connectivity index (χ3v) is 4.00. The van der Waals surface area contributed by atoms with E-state index in [0.29, 0.717) is 17.7 Å². The van der Waals surface area contributed by atoms with E-state index in [9.17, 15) is 27.6 Å². The smallest absolute Gasteiger partial charge is 0.318 e. The van der Waals surface area contributed by atoms with Gasteiger partial charge in [-0.25, -0.2) is 9.69 Å². The molecule has 9 heteroatoms. The number of hydrogen-bond donors (Lipinski definition) is 2. The number of aryl methyl sites for hydroxylation is 1. The average Bonchev–Trinajstić information content (AvgIpc) is 3.28.